The summed E-state index contributed by atoms with van der Waals surface area (Å²) in [6, 6.07) is 9.33. The fraction of sp³-hybridized carbons (Fsp3) is 0.267. The van der Waals surface area contributed by atoms with Crippen molar-refractivity contribution in [3.05, 3.63) is 63.8 Å². The molecule has 0 aliphatic carbocycles. The van der Waals surface area contributed by atoms with Crippen LogP contribution in [0.2, 0.25) is 0 Å². The Balaban J connectivity index is 1.74. The van der Waals surface area contributed by atoms with Crippen molar-refractivity contribution >= 4 is 17.7 Å². The van der Waals surface area contributed by atoms with Crippen LogP contribution in [-0.2, 0) is 12.8 Å². The van der Waals surface area contributed by atoms with Crippen LogP contribution in [0, 0.1) is 5.82 Å². The van der Waals surface area contributed by atoms with E-state index in [1.165, 1.54) is 37.0 Å². The third kappa shape index (κ3) is 4.42. The predicted molar refractivity (Wildman–Crippen MR) is 84.4 cm³/mol. The summed E-state index contributed by atoms with van der Waals surface area (Å²) in [5.41, 5.74) is 0.580. The van der Waals surface area contributed by atoms with Crippen LogP contribution < -0.4 is 10.9 Å². The minimum Gasteiger partial charge on any atom is -0.350 e. The van der Waals surface area contributed by atoms with Crippen LogP contribution in [0.3, 0.4) is 0 Å². The first-order chi connectivity index (χ1) is 10.6. The molecule has 1 N–H and O–H groups in total. The van der Waals surface area contributed by atoms with E-state index in [-0.39, 0.29) is 23.0 Å². The van der Waals surface area contributed by atoms with Gasteiger partial charge in [0.2, 0.25) is 0 Å². The van der Waals surface area contributed by atoms with E-state index < -0.39 is 0 Å². The van der Waals surface area contributed by atoms with Gasteiger partial charge in [0.25, 0.3) is 11.5 Å². The van der Waals surface area contributed by atoms with Gasteiger partial charge in [0.1, 0.15) is 11.5 Å². The number of hydrogen-bond acceptors (Lipinski definition) is 4. The lowest BCUT2D eigenvalue weighted by Gasteiger charge is -2.06. The lowest BCUT2D eigenvalue weighted by atomic mass is 10.2. The van der Waals surface area contributed by atoms with Crippen LogP contribution in [0.5, 0.6) is 0 Å². The zero-order chi connectivity index (χ0) is 15.9. The maximum absolute atomic E-state index is 13.4. The highest BCUT2D eigenvalue weighted by Gasteiger charge is 2.07. The Labute approximate surface area is 131 Å². The molecule has 0 saturated heterocycles. The Morgan fingerprint density at radius 1 is 1.32 bits per heavy atom. The molecule has 0 spiro atoms. The Kier molecular flexibility index (Phi) is 5.71. The van der Waals surface area contributed by atoms with Gasteiger partial charge in [0.15, 0.2) is 0 Å². The van der Waals surface area contributed by atoms with Crippen molar-refractivity contribution in [3.63, 3.8) is 0 Å². The first kappa shape index (κ1) is 16.2. The van der Waals surface area contributed by atoms with Gasteiger partial charge in [-0.1, -0.05) is 18.2 Å². The third-order valence-corrected chi connectivity index (χ3v) is 3.95. The molecule has 1 aromatic carbocycles. The molecule has 2 aromatic rings. The van der Waals surface area contributed by atoms with Crippen LogP contribution in [0.15, 0.2) is 41.2 Å². The van der Waals surface area contributed by atoms with Crippen molar-refractivity contribution in [1.29, 1.82) is 0 Å². The molecule has 0 aliphatic heterocycles. The number of amides is 1. The lowest BCUT2D eigenvalue weighted by Crippen LogP contribution is -2.29. The van der Waals surface area contributed by atoms with Gasteiger partial charge >= 0.3 is 0 Å². The quantitative estimate of drug-likeness (QED) is 0.821. The van der Waals surface area contributed by atoms with Crippen LogP contribution in [0.25, 0.3) is 0 Å². The minimum atomic E-state index is -0.331. The predicted octanol–water partition coefficient (Wildman–Crippen LogP) is 1.58. The molecule has 0 bridgehead atoms. The van der Waals surface area contributed by atoms with E-state index in [1.54, 1.807) is 18.2 Å². The topological polar surface area (TPSA) is 64.0 Å². The molecule has 1 aromatic heterocycles. The van der Waals surface area contributed by atoms with Crippen molar-refractivity contribution in [1.82, 2.24) is 15.1 Å². The summed E-state index contributed by atoms with van der Waals surface area (Å²) in [5, 5.41) is 6.58. The molecule has 0 atom stereocenters. The van der Waals surface area contributed by atoms with E-state index in [9.17, 15) is 14.0 Å². The average molecular weight is 321 g/mol. The van der Waals surface area contributed by atoms with Gasteiger partial charge in [0.05, 0.1) is 0 Å². The molecule has 1 amide bonds. The standard InChI is InChI=1S/C15H16FN3O2S/c1-19-14(20)7-6-13(18-19)15(21)17-8-9-22-10-11-4-2-3-5-12(11)16/h2-7H,8-10H2,1H3,(H,17,21). The molecule has 5 nitrogen and oxygen atoms in total. The molecule has 0 radical (unpaired) electrons. The number of halogens is 1. The Hall–Kier alpha value is -2.15. The summed E-state index contributed by atoms with van der Waals surface area (Å²) in [6.45, 7) is 0.447. The first-order valence-electron chi connectivity index (χ1n) is 6.71. The molecule has 0 aliphatic rings. The number of rotatable bonds is 6. The second-order valence-corrected chi connectivity index (χ2v) is 5.69. The summed E-state index contributed by atoms with van der Waals surface area (Å²) in [6.07, 6.45) is 0. The Bertz CT molecular complexity index is 718. The SMILES string of the molecule is Cn1nc(C(=O)NCCSCc2ccccc2F)ccc1=O. The number of nitrogens with one attached hydrogen (secondary N) is 1. The van der Waals surface area contributed by atoms with Gasteiger partial charge in [-0.2, -0.15) is 16.9 Å². The number of aromatic nitrogens is 2. The molecular weight excluding hydrogens is 305 g/mol. The van der Waals surface area contributed by atoms with E-state index in [2.05, 4.69) is 10.4 Å². The van der Waals surface area contributed by atoms with Crippen molar-refractivity contribution in [3.8, 4) is 0 Å². The molecule has 116 valence electrons. The molecule has 7 heteroatoms. The molecule has 0 fully saturated rings. The normalized spacial score (nSPS) is 10.5. The zero-order valence-corrected chi connectivity index (χ0v) is 12.9. The van der Waals surface area contributed by atoms with Gasteiger partial charge in [-0.15, -0.1) is 0 Å². The largest absolute Gasteiger partial charge is 0.350 e. The summed E-state index contributed by atoms with van der Waals surface area (Å²) >= 11 is 1.53. The number of hydrogen-bond donors (Lipinski definition) is 1. The molecule has 22 heavy (non-hydrogen) atoms. The van der Waals surface area contributed by atoms with Crippen LogP contribution in [0.1, 0.15) is 16.1 Å². The number of carbonyl (C=O) groups excluding carboxylic acids is 1. The highest BCUT2D eigenvalue weighted by Crippen LogP contribution is 2.14. The summed E-state index contributed by atoms with van der Waals surface area (Å²) in [5.74, 6) is 0.669. The first-order valence-corrected chi connectivity index (χ1v) is 7.87. The van der Waals surface area contributed by atoms with Gasteiger partial charge in [-0.25, -0.2) is 9.07 Å². The number of nitrogens with zero attached hydrogens (tertiary/aromatic N) is 2. The van der Waals surface area contributed by atoms with E-state index >= 15 is 0 Å². The smallest absolute Gasteiger partial charge is 0.271 e. The maximum atomic E-state index is 13.4. The highest BCUT2D eigenvalue weighted by molar-refractivity contribution is 7.98. The van der Waals surface area contributed by atoms with E-state index in [4.69, 9.17) is 0 Å². The van der Waals surface area contributed by atoms with Gasteiger partial charge in [-0.3, -0.25) is 9.59 Å². The Morgan fingerprint density at radius 2 is 2.09 bits per heavy atom. The summed E-state index contributed by atoms with van der Waals surface area (Å²) < 4.78 is 14.5. The molecule has 0 unspecified atom stereocenters. The second kappa shape index (κ2) is 7.74. The fourth-order valence-corrected chi connectivity index (χ4v) is 2.59. The van der Waals surface area contributed by atoms with Gasteiger partial charge in [-0.05, 0) is 17.7 Å². The van der Waals surface area contributed by atoms with Crippen LogP contribution in [0.4, 0.5) is 4.39 Å². The zero-order valence-electron chi connectivity index (χ0n) is 12.1. The number of aryl methyl sites for hydroxylation is 1. The number of carbonyl (C=O) groups is 1. The second-order valence-electron chi connectivity index (χ2n) is 4.58. The minimum absolute atomic E-state index is 0.196. The van der Waals surface area contributed by atoms with Gasteiger partial charge in [0, 0.05) is 31.2 Å². The van der Waals surface area contributed by atoms with E-state index in [0.717, 1.165) is 4.68 Å². The van der Waals surface area contributed by atoms with Crippen LogP contribution in [-0.4, -0.2) is 28.0 Å². The number of benzene rings is 1. The Morgan fingerprint density at radius 3 is 2.82 bits per heavy atom. The monoisotopic (exact) mass is 321 g/mol. The lowest BCUT2D eigenvalue weighted by molar-refractivity contribution is 0.0949. The van der Waals surface area contributed by atoms with Gasteiger partial charge < -0.3 is 5.32 Å². The molecule has 0 saturated carbocycles. The van der Waals surface area contributed by atoms with E-state index in [0.29, 0.717) is 23.6 Å². The average Bonchev–Trinajstić information content (AvgIpc) is 2.51. The molecule has 1 heterocycles. The van der Waals surface area contributed by atoms with Crippen molar-refractivity contribution in [2.45, 2.75) is 5.75 Å². The van der Waals surface area contributed by atoms with Crippen molar-refractivity contribution in [2.24, 2.45) is 7.05 Å². The summed E-state index contributed by atoms with van der Waals surface area (Å²) in [7, 11) is 1.49. The number of thioether (sulfide) groups is 1. The molecule has 2 rings (SSSR count). The molecular formula is C15H16FN3O2S. The highest BCUT2D eigenvalue weighted by atomic mass is 32.2. The van der Waals surface area contributed by atoms with Crippen LogP contribution >= 0.6 is 11.8 Å². The van der Waals surface area contributed by atoms with Crippen molar-refractivity contribution in [2.75, 3.05) is 12.3 Å². The van der Waals surface area contributed by atoms with Crippen molar-refractivity contribution < 1.29 is 9.18 Å². The maximum Gasteiger partial charge on any atom is 0.271 e. The summed E-state index contributed by atoms with van der Waals surface area (Å²) in [4.78, 5) is 23.0. The van der Waals surface area contributed by atoms with E-state index in [1.807, 2.05) is 0 Å². The fourth-order valence-electron chi connectivity index (χ4n) is 1.75. The third-order valence-electron chi connectivity index (χ3n) is 2.94.